The minimum Gasteiger partial charge on any atom is -0.491 e. The Labute approximate surface area is 303 Å². The lowest BCUT2D eigenvalue weighted by atomic mass is 10.0. The molecule has 6 aromatic carbocycles. The van der Waals surface area contributed by atoms with Crippen molar-refractivity contribution < 1.29 is 23.7 Å². The van der Waals surface area contributed by atoms with Gasteiger partial charge in [0.1, 0.15) is 24.7 Å². The molecule has 7 rings (SSSR count). The second kappa shape index (κ2) is 18.2. The van der Waals surface area contributed by atoms with Gasteiger partial charge in [0.2, 0.25) is 0 Å². The molecule has 0 amide bonds. The summed E-state index contributed by atoms with van der Waals surface area (Å²) in [4.78, 5) is 0. The zero-order valence-corrected chi connectivity index (χ0v) is 30.4. The average molecular weight is 713 g/mol. The standard InChI is InChI=1S/C44H42O5P2/c1-5-15-35(16-6-1)50(36-17-7-2-8-18-36)41-25-13-23-39-43(41)44-40(49-34-32-47-30-28-45-27-29-46-31-33-48-39)24-14-26-42(44)51(37-19-9-3-10-20-37)38-21-11-4-12-22-38/h1-26H,27-34H2. The van der Waals surface area contributed by atoms with E-state index in [0.717, 1.165) is 22.6 Å². The fourth-order valence-electron chi connectivity index (χ4n) is 6.28. The minimum atomic E-state index is -0.995. The van der Waals surface area contributed by atoms with Gasteiger partial charge in [-0.3, -0.25) is 0 Å². The van der Waals surface area contributed by atoms with Gasteiger partial charge in [-0.1, -0.05) is 146 Å². The van der Waals surface area contributed by atoms with Crippen molar-refractivity contribution in [2.45, 2.75) is 0 Å². The Hall–Kier alpha value is -4.34. The van der Waals surface area contributed by atoms with Crippen molar-refractivity contribution >= 4 is 47.7 Å². The van der Waals surface area contributed by atoms with Crippen LogP contribution in [-0.2, 0) is 14.2 Å². The molecule has 0 aromatic heterocycles. The van der Waals surface area contributed by atoms with Crippen molar-refractivity contribution in [1.29, 1.82) is 0 Å². The number of fused-ring (bicyclic) bond motifs is 3. The molecule has 6 aromatic rings. The maximum absolute atomic E-state index is 6.75. The molecule has 0 saturated carbocycles. The maximum atomic E-state index is 6.75. The van der Waals surface area contributed by atoms with Crippen LogP contribution < -0.4 is 41.3 Å². The van der Waals surface area contributed by atoms with E-state index in [2.05, 4.69) is 158 Å². The van der Waals surface area contributed by atoms with Crippen molar-refractivity contribution in [3.05, 3.63) is 158 Å². The van der Waals surface area contributed by atoms with Gasteiger partial charge in [0, 0.05) is 11.1 Å². The number of rotatable bonds is 6. The van der Waals surface area contributed by atoms with E-state index in [9.17, 15) is 0 Å². The Morgan fingerprint density at radius 3 is 0.902 bits per heavy atom. The summed E-state index contributed by atoms with van der Waals surface area (Å²) in [7, 11) is -1.99. The molecule has 0 bridgehead atoms. The molecule has 0 aliphatic carbocycles. The first-order valence-corrected chi connectivity index (χ1v) is 20.1. The Bertz CT molecular complexity index is 1720. The van der Waals surface area contributed by atoms with Crippen LogP contribution in [-0.4, -0.2) is 52.9 Å². The van der Waals surface area contributed by atoms with Gasteiger partial charge in [-0.25, -0.2) is 0 Å². The summed E-state index contributed by atoms with van der Waals surface area (Å²) >= 11 is 0. The SMILES string of the molecule is c1ccc(P(c2ccccc2)c2cccc3c2-c2c(cccc2P(c2ccccc2)c2ccccc2)OCCOCCOCCOCCO3)cc1. The lowest BCUT2D eigenvalue weighted by molar-refractivity contribution is 0.00520. The van der Waals surface area contributed by atoms with E-state index >= 15 is 0 Å². The first-order chi connectivity index (χ1) is 25.4. The van der Waals surface area contributed by atoms with Gasteiger partial charge in [0.05, 0.1) is 39.6 Å². The number of benzene rings is 6. The van der Waals surface area contributed by atoms with Crippen LogP contribution in [0.25, 0.3) is 11.1 Å². The average Bonchev–Trinajstić information content (AvgIpc) is 3.19. The Kier molecular flexibility index (Phi) is 12.5. The van der Waals surface area contributed by atoms with Gasteiger partial charge in [-0.2, -0.15) is 0 Å². The molecular weight excluding hydrogens is 670 g/mol. The summed E-state index contributed by atoms with van der Waals surface area (Å²) in [5.41, 5.74) is 2.10. The van der Waals surface area contributed by atoms with Crippen LogP contribution in [0.3, 0.4) is 0 Å². The summed E-state index contributed by atoms with van der Waals surface area (Å²) in [6, 6.07) is 56.4. The zero-order chi connectivity index (χ0) is 34.5. The third-order valence-electron chi connectivity index (χ3n) is 8.51. The highest BCUT2D eigenvalue weighted by Gasteiger charge is 2.30. The molecule has 0 radical (unpaired) electrons. The lowest BCUT2D eigenvalue weighted by Crippen LogP contribution is -2.27. The maximum Gasteiger partial charge on any atom is 0.128 e. The van der Waals surface area contributed by atoms with E-state index in [1.54, 1.807) is 0 Å². The summed E-state index contributed by atoms with van der Waals surface area (Å²) in [6.45, 7) is 3.71. The molecule has 51 heavy (non-hydrogen) atoms. The molecule has 0 N–H and O–H groups in total. The van der Waals surface area contributed by atoms with Gasteiger partial charge >= 0.3 is 0 Å². The molecule has 0 fully saturated rings. The van der Waals surface area contributed by atoms with Crippen LogP contribution in [0.15, 0.2) is 158 Å². The molecule has 0 atom stereocenters. The lowest BCUT2D eigenvalue weighted by Gasteiger charge is -2.29. The predicted octanol–water partition coefficient (Wildman–Crippen LogP) is 6.69. The Morgan fingerprint density at radius 1 is 0.294 bits per heavy atom. The highest BCUT2D eigenvalue weighted by Crippen LogP contribution is 2.47. The molecule has 0 spiro atoms. The fraction of sp³-hybridized carbons (Fsp3) is 0.182. The Balaban J connectivity index is 1.50. The first-order valence-electron chi connectivity index (χ1n) is 17.4. The van der Waals surface area contributed by atoms with Crippen molar-refractivity contribution in [3.8, 4) is 22.6 Å². The van der Waals surface area contributed by atoms with Gasteiger partial charge in [0.15, 0.2) is 0 Å². The summed E-state index contributed by atoms with van der Waals surface area (Å²) in [5, 5.41) is 7.47. The molecule has 0 saturated heterocycles. The predicted molar refractivity (Wildman–Crippen MR) is 213 cm³/mol. The molecule has 1 aliphatic rings. The van der Waals surface area contributed by atoms with E-state index in [0.29, 0.717) is 52.9 Å². The molecular formula is C44H42O5P2. The Morgan fingerprint density at radius 2 is 0.588 bits per heavy atom. The second-order valence-electron chi connectivity index (χ2n) is 11.8. The number of hydrogen-bond donors (Lipinski definition) is 0. The van der Waals surface area contributed by atoms with E-state index in [1.165, 1.54) is 31.8 Å². The molecule has 7 heteroatoms. The summed E-state index contributed by atoms with van der Waals surface area (Å²) in [5.74, 6) is 1.61. The van der Waals surface area contributed by atoms with Crippen molar-refractivity contribution in [1.82, 2.24) is 0 Å². The van der Waals surface area contributed by atoms with Gasteiger partial charge in [-0.15, -0.1) is 0 Å². The third kappa shape index (κ3) is 8.76. The minimum absolute atomic E-state index is 0.401. The van der Waals surface area contributed by atoms with E-state index in [4.69, 9.17) is 23.7 Å². The van der Waals surface area contributed by atoms with Crippen molar-refractivity contribution in [2.24, 2.45) is 0 Å². The monoisotopic (exact) mass is 712 g/mol. The van der Waals surface area contributed by atoms with Crippen molar-refractivity contribution in [3.63, 3.8) is 0 Å². The highest BCUT2D eigenvalue weighted by molar-refractivity contribution is 7.80. The molecule has 0 unspecified atom stereocenters. The topological polar surface area (TPSA) is 46.2 Å². The second-order valence-corrected chi connectivity index (χ2v) is 16.2. The van der Waals surface area contributed by atoms with Crippen LogP contribution in [0.2, 0.25) is 0 Å². The smallest absolute Gasteiger partial charge is 0.128 e. The molecule has 5 nitrogen and oxygen atoms in total. The van der Waals surface area contributed by atoms with E-state index < -0.39 is 15.8 Å². The third-order valence-corrected chi connectivity index (χ3v) is 13.5. The molecule has 1 heterocycles. The first kappa shape index (κ1) is 35.1. The van der Waals surface area contributed by atoms with Crippen LogP contribution in [0.4, 0.5) is 0 Å². The van der Waals surface area contributed by atoms with Crippen LogP contribution >= 0.6 is 15.8 Å². The molecule has 1 aliphatic heterocycles. The van der Waals surface area contributed by atoms with Gasteiger partial charge in [-0.05, 0) is 59.8 Å². The molecule has 258 valence electrons. The normalized spacial score (nSPS) is 14.5. The van der Waals surface area contributed by atoms with Gasteiger partial charge in [0.25, 0.3) is 0 Å². The van der Waals surface area contributed by atoms with Crippen LogP contribution in [0, 0.1) is 0 Å². The summed E-state index contributed by atoms with van der Waals surface area (Å²) < 4.78 is 31.1. The quantitative estimate of drug-likeness (QED) is 0.180. The summed E-state index contributed by atoms with van der Waals surface area (Å²) in [6.07, 6.45) is 0. The van der Waals surface area contributed by atoms with Gasteiger partial charge < -0.3 is 23.7 Å². The highest BCUT2D eigenvalue weighted by atomic mass is 31.1. The number of hydrogen-bond acceptors (Lipinski definition) is 5. The van der Waals surface area contributed by atoms with E-state index in [-0.39, 0.29) is 0 Å². The largest absolute Gasteiger partial charge is 0.491 e. The van der Waals surface area contributed by atoms with Crippen molar-refractivity contribution in [2.75, 3.05) is 52.9 Å². The van der Waals surface area contributed by atoms with E-state index in [1.807, 2.05) is 0 Å². The number of ether oxygens (including phenoxy) is 5. The zero-order valence-electron chi connectivity index (χ0n) is 28.6. The van der Waals surface area contributed by atoms with Crippen LogP contribution in [0.5, 0.6) is 11.5 Å². The fourth-order valence-corrected chi connectivity index (χ4v) is 11.2. The van der Waals surface area contributed by atoms with Crippen LogP contribution in [0.1, 0.15) is 0 Å².